The molecular formula is C15H14BrN2O3S-. The second-order valence-corrected chi connectivity index (χ2v) is 7.19. The van der Waals surface area contributed by atoms with Crippen LogP contribution in [0.1, 0.15) is 12.5 Å². The first-order valence-electron chi connectivity index (χ1n) is 6.40. The van der Waals surface area contributed by atoms with Crippen molar-refractivity contribution in [3.05, 3.63) is 57.2 Å². The minimum Gasteiger partial charge on any atom is -0.572 e. The molecule has 1 amide bonds. The van der Waals surface area contributed by atoms with E-state index in [2.05, 4.69) is 26.0 Å². The van der Waals surface area contributed by atoms with E-state index in [0.717, 1.165) is 5.56 Å². The van der Waals surface area contributed by atoms with E-state index in [4.69, 9.17) is 0 Å². The maximum absolute atomic E-state index is 12.3. The van der Waals surface area contributed by atoms with Gasteiger partial charge in [-0.25, -0.2) is 8.42 Å². The molecule has 0 saturated carbocycles. The molecule has 7 heteroatoms. The molecule has 2 aromatic carbocycles. The number of aryl methyl sites for hydroxylation is 1. The van der Waals surface area contributed by atoms with E-state index in [1.54, 1.807) is 18.2 Å². The smallest absolute Gasteiger partial charge is 0.221 e. The van der Waals surface area contributed by atoms with Crippen LogP contribution >= 0.6 is 15.9 Å². The fourth-order valence-corrected chi connectivity index (χ4v) is 3.48. The van der Waals surface area contributed by atoms with E-state index in [1.807, 2.05) is 6.92 Å². The van der Waals surface area contributed by atoms with E-state index in [1.165, 1.54) is 31.2 Å². The second-order valence-electron chi connectivity index (χ2n) is 4.73. The van der Waals surface area contributed by atoms with Crippen molar-refractivity contribution in [2.75, 3.05) is 5.32 Å². The molecule has 0 saturated heterocycles. The van der Waals surface area contributed by atoms with Crippen molar-refractivity contribution >= 4 is 43.2 Å². The number of carbonyl (C=O) groups excluding carboxylic acids is 1. The number of benzene rings is 2. The van der Waals surface area contributed by atoms with E-state index in [9.17, 15) is 13.2 Å². The van der Waals surface area contributed by atoms with Crippen LogP contribution < -0.4 is 5.32 Å². The van der Waals surface area contributed by atoms with E-state index < -0.39 is 10.0 Å². The largest absolute Gasteiger partial charge is 0.572 e. The maximum Gasteiger partial charge on any atom is 0.221 e. The number of nitrogens with zero attached hydrogens (tertiary/aromatic N) is 1. The third-order valence-corrected chi connectivity index (χ3v) is 4.73. The summed E-state index contributed by atoms with van der Waals surface area (Å²) in [5.41, 5.74) is 1.88. The van der Waals surface area contributed by atoms with Gasteiger partial charge in [-0.3, -0.25) is 4.79 Å². The van der Waals surface area contributed by atoms with Gasteiger partial charge in [-0.05, 0) is 37.3 Å². The molecular weight excluding hydrogens is 368 g/mol. The Bertz CT molecular complexity index is 802. The van der Waals surface area contributed by atoms with Crippen molar-refractivity contribution in [2.45, 2.75) is 18.7 Å². The first kappa shape index (κ1) is 16.5. The summed E-state index contributed by atoms with van der Waals surface area (Å²) in [5.74, 6) is -0.219. The van der Waals surface area contributed by atoms with Gasteiger partial charge in [-0.2, -0.15) is 0 Å². The molecule has 0 radical (unpaired) electrons. The predicted molar refractivity (Wildman–Crippen MR) is 89.8 cm³/mol. The topological polar surface area (TPSA) is 77.3 Å². The van der Waals surface area contributed by atoms with E-state index >= 15 is 0 Å². The highest BCUT2D eigenvalue weighted by Gasteiger charge is 2.06. The van der Waals surface area contributed by atoms with Gasteiger partial charge in [0.05, 0.1) is 4.90 Å². The number of anilines is 1. The number of sulfonamides is 1. The van der Waals surface area contributed by atoms with Gasteiger partial charge in [0.2, 0.25) is 5.91 Å². The van der Waals surface area contributed by atoms with Crippen LogP contribution in [0.4, 0.5) is 11.4 Å². The highest BCUT2D eigenvalue weighted by Crippen LogP contribution is 2.34. The van der Waals surface area contributed by atoms with E-state index in [-0.39, 0.29) is 10.8 Å². The summed E-state index contributed by atoms with van der Waals surface area (Å²) in [4.78, 5) is 11.0. The third-order valence-electron chi connectivity index (χ3n) is 2.79. The summed E-state index contributed by atoms with van der Waals surface area (Å²) >= 11 is 3.31. The van der Waals surface area contributed by atoms with Gasteiger partial charge >= 0.3 is 0 Å². The maximum atomic E-state index is 12.3. The molecule has 0 heterocycles. The summed E-state index contributed by atoms with van der Waals surface area (Å²) in [5, 5.41) is 2.58. The predicted octanol–water partition coefficient (Wildman–Crippen LogP) is 4.11. The van der Waals surface area contributed by atoms with Crippen molar-refractivity contribution < 1.29 is 13.2 Å². The van der Waals surface area contributed by atoms with Crippen LogP contribution in [0, 0.1) is 6.92 Å². The molecule has 0 aromatic heterocycles. The molecule has 0 aliphatic rings. The van der Waals surface area contributed by atoms with Gasteiger partial charge in [0, 0.05) is 17.1 Å². The Morgan fingerprint density at radius 3 is 2.32 bits per heavy atom. The van der Waals surface area contributed by atoms with Crippen molar-refractivity contribution in [1.82, 2.24) is 0 Å². The number of halogens is 1. The zero-order valence-corrected chi connectivity index (χ0v) is 14.4. The van der Waals surface area contributed by atoms with Gasteiger partial charge in [0.25, 0.3) is 0 Å². The number of hydrogen-bond acceptors (Lipinski definition) is 3. The molecule has 22 heavy (non-hydrogen) atoms. The molecule has 0 atom stereocenters. The minimum atomic E-state index is -3.81. The van der Waals surface area contributed by atoms with Gasteiger partial charge in [-0.1, -0.05) is 33.6 Å². The molecule has 0 aliphatic carbocycles. The Hall–Kier alpha value is -1.86. The zero-order chi connectivity index (χ0) is 16.3. The summed E-state index contributed by atoms with van der Waals surface area (Å²) in [6.07, 6.45) is 0. The zero-order valence-electron chi connectivity index (χ0n) is 12.0. The number of amides is 1. The Morgan fingerprint density at radius 2 is 1.77 bits per heavy atom. The lowest BCUT2D eigenvalue weighted by atomic mass is 10.2. The fourth-order valence-electron chi connectivity index (χ4n) is 1.78. The number of carbonyl (C=O) groups is 1. The van der Waals surface area contributed by atoms with Gasteiger partial charge in [0.1, 0.15) is 10.0 Å². The minimum absolute atomic E-state index is 0.0640. The van der Waals surface area contributed by atoms with Gasteiger partial charge < -0.3 is 10.0 Å². The highest BCUT2D eigenvalue weighted by atomic mass is 79.9. The van der Waals surface area contributed by atoms with Crippen LogP contribution in [0.5, 0.6) is 0 Å². The lowest BCUT2D eigenvalue weighted by Crippen LogP contribution is -2.06. The monoisotopic (exact) mass is 381 g/mol. The van der Waals surface area contributed by atoms with Gasteiger partial charge in [-0.15, -0.1) is 5.69 Å². The Labute approximate surface area is 137 Å². The van der Waals surface area contributed by atoms with Gasteiger partial charge in [0.15, 0.2) is 0 Å². The summed E-state index contributed by atoms with van der Waals surface area (Å²) < 4.78 is 29.0. The summed E-state index contributed by atoms with van der Waals surface area (Å²) in [7, 11) is -3.81. The van der Waals surface area contributed by atoms with Crippen molar-refractivity contribution in [2.24, 2.45) is 0 Å². The number of hydrogen-bond donors (Lipinski definition) is 1. The summed E-state index contributed by atoms with van der Waals surface area (Å²) in [6, 6.07) is 11.1. The molecule has 116 valence electrons. The van der Waals surface area contributed by atoms with Crippen molar-refractivity contribution in [3.63, 3.8) is 0 Å². The average Bonchev–Trinajstić information content (AvgIpc) is 2.42. The lowest BCUT2D eigenvalue weighted by Gasteiger charge is -2.23. The average molecular weight is 382 g/mol. The molecule has 1 N–H and O–H groups in total. The van der Waals surface area contributed by atoms with Crippen molar-refractivity contribution in [3.8, 4) is 0 Å². The molecule has 2 aromatic rings. The van der Waals surface area contributed by atoms with Crippen LogP contribution in [-0.2, 0) is 14.8 Å². The molecule has 5 nitrogen and oxygen atoms in total. The quantitative estimate of drug-likeness (QED) is 0.865. The number of nitrogens with one attached hydrogen (secondary N) is 1. The first-order chi connectivity index (χ1) is 10.3. The SMILES string of the molecule is CC(=O)Nc1ccc(S(=O)(=O)[N-]c2ccc(C)cc2Br)cc1. The lowest BCUT2D eigenvalue weighted by molar-refractivity contribution is -0.114. The third kappa shape index (κ3) is 4.08. The molecule has 0 spiro atoms. The molecule has 2 rings (SSSR count). The molecule has 0 bridgehead atoms. The Morgan fingerprint density at radius 1 is 1.14 bits per heavy atom. The number of rotatable bonds is 4. The first-order valence-corrected chi connectivity index (χ1v) is 8.63. The Kier molecular flexibility index (Phi) is 4.87. The standard InChI is InChI=1S/C15H14BrN2O3S/c1-10-3-8-15(14(16)9-10)18-22(20,21)13-6-4-12(5-7-13)17-11(2)19/h3-9H,1-2H3,(H,17,19)/q-1. The summed E-state index contributed by atoms with van der Waals surface area (Å²) in [6.45, 7) is 3.29. The van der Waals surface area contributed by atoms with Crippen LogP contribution in [-0.4, -0.2) is 14.3 Å². The Balaban J connectivity index is 2.24. The van der Waals surface area contributed by atoms with Crippen LogP contribution in [0.25, 0.3) is 4.72 Å². The molecule has 0 unspecified atom stereocenters. The van der Waals surface area contributed by atoms with E-state index in [0.29, 0.717) is 15.8 Å². The van der Waals surface area contributed by atoms with Crippen LogP contribution in [0.2, 0.25) is 0 Å². The van der Waals surface area contributed by atoms with Crippen LogP contribution in [0.3, 0.4) is 0 Å². The fraction of sp³-hybridized carbons (Fsp3) is 0.133. The molecule has 0 fully saturated rings. The highest BCUT2D eigenvalue weighted by molar-refractivity contribution is 9.10. The molecule has 0 aliphatic heterocycles. The van der Waals surface area contributed by atoms with Crippen molar-refractivity contribution in [1.29, 1.82) is 0 Å². The normalized spacial score (nSPS) is 11.0. The van der Waals surface area contributed by atoms with Crippen LogP contribution in [0.15, 0.2) is 51.8 Å². The second kappa shape index (κ2) is 6.50.